The van der Waals surface area contributed by atoms with Crippen LogP contribution in [-0.2, 0) is 0 Å². The van der Waals surface area contributed by atoms with Crippen molar-refractivity contribution in [2.24, 2.45) is 0 Å². The molecular formula is C14H12N4OS3. The second kappa shape index (κ2) is 5.53. The zero-order valence-corrected chi connectivity index (χ0v) is 14.1. The number of amides is 1. The third-order valence-corrected chi connectivity index (χ3v) is 6.52. The molecular weight excluding hydrogens is 336 g/mol. The van der Waals surface area contributed by atoms with Crippen LogP contribution in [0, 0.1) is 6.92 Å². The highest BCUT2D eigenvalue weighted by molar-refractivity contribution is 7.22. The minimum absolute atomic E-state index is 0.156. The fourth-order valence-corrected chi connectivity index (χ4v) is 4.71. The fraction of sp³-hybridized carbons (Fsp3) is 0.286. The van der Waals surface area contributed by atoms with Crippen molar-refractivity contribution in [3.8, 4) is 9.88 Å². The van der Waals surface area contributed by atoms with Crippen LogP contribution in [0.15, 0.2) is 17.5 Å². The monoisotopic (exact) mass is 348 g/mol. The first kappa shape index (κ1) is 14.0. The first-order valence-corrected chi connectivity index (χ1v) is 9.38. The Morgan fingerprint density at radius 2 is 2.18 bits per heavy atom. The van der Waals surface area contributed by atoms with Crippen molar-refractivity contribution in [3.05, 3.63) is 33.1 Å². The molecule has 112 valence electrons. The van der Waals surface area contributed by atoms with Gasteiger partial charge in [-0.05, 0) is 31.2 Å². The molecule has 1 saturated carbocycles. The van der Waals surface area contributed by atoms with Crippen molar-refractivity contribution in [1.82, 2.24) is 15.2 Å². The summed E-state index contributed by atoms with van der Waals surface area (Å²) in [6.45, 7) is 1.86. The van der Waals surface area contributed by atoms with Crippen LogP contribution < -0.4 is 5.32 Å². The first-order chi connectivity index (χ1) is 10.7. The van der Waals surface area contributed by atoms with Crippen molar-refractivity contribution in [1.29, 1.82) is 0 Å². The van der Waals surface area contributed by atoms with E-state index in [1.807, 2.05) is 24.4 Å². The van der Waals surface area contributed by atoms with E-state index in [9.17, 15) is 4.79 Å². The van der Waals surface area contributed by atoms with Crippen LogP contribution in [0.25, 0.3) is 9.88 Å². The normalized spacial score (nSPS) is 14.2. The molecule has 3 heterocycles. The van der Waals surface area contributed by atoms with E-state index in [0.717, 1.165) is 20.6 Å². The molecule has 0 saturated heterocycles. The van der Waals surface area contributed by atoms with Crippen LogP contribution in [0.5, 0.6) is 0 Å². The maximum absolute atomic E-state index is 12.4. The summed E-state index contributed by atoms with van der Waals surface area (Å²) in [6, 6.07) is 3.99. The number of thiazole rings is 1. The molecule has 0 atom stereocenters. The number of hydrogen-bond acceptors (Lipinski definition) is 7. The third kappa shape index (κ3) is 2.69. The Morgan fingerprint density at radius 1 is 1.32 bits per heavy atom. The van der Waals surface area contributed by atoms with E-state index in [4.69, 9.17) is 0 Å². The molecule has 1 aliphatic rings. The van der Waals surface area contributed by atoms with Gasteiger partial charge >= 0.3 is 0 Å². The van der Waals surface area contributed by atoms with Gasteiger partial charge in [0.15, 0.2) is 0 Å². The average Bonchev–Trinajstić information content (AvgIpc) is 2.94. The number of hydrogen-bond donors (Lipinski definition) is 1. The smallest absolute Gasteiger partial charge is 0.269 e. The van der Waals surface area contributed by atoms with Gasteiger partial charge < -0.3 is 0 Å². The van der Waals surface area contributed by atoms with Gasteiger partial charge in [0.05, 0.1) is 10.6 Å². The predicted octanol–water partition coefficient (Wildman–Crippen LogP) is 4.16. The van der Waals surface area contributed by atoms with Gasteiger partial charge in [-0.25, -0.2) is 4.98 Å². The van der Waals surface area contributed by atoms with Crippen LogP contribution >= 0.6 is 34.0 Å². The van der Waals surface area contributed by atoms with E-state index in [0.29, 0.717) is 15.9 Å². The topological polar surface area (TPSA) is 67.8 Å². The molecule has 0 bridgehead atoms. The van der Waals surface area contributed by atoms with E-state index >= 15 is 0 Å². The van der Waals surface area contributed by atoms with Crippen molar-refractivity contribution < 1.29 is 4.79 Å². The van der Waals surface area contributed by atoms with Crippen LogP contribution in [0.1, 0.15) is 39.1 Å². The summed E-state index contributed by atoms with van der Waals surface area (Å²) in [5, 5.41) is 15.5. The Hall–Kier alpha value is -1.64. The van der Waals surface area contributed by atoms with Crippen molar-refractivity contribution in [3.63, 3.8) is 0 Å². The van der Waals surface area contributed by atoms with Crippen molar-refractivity contribution >= 4 is 45.0 Å². The second-order valence-corrected chi connectivity index (χ2v) is 8.04. The second-order valence-electron chi connectivity index (χ2n) is 5.08. The molecule has 5 nitrogen and oxygen atoms in total. The van der Waals surface area contributed by atoms with Crippen LogP contribution in [0.4, 0.5) is 5.13 Å². The molecule has 8 heteroatoms. The summed E-state index contributed by atoms with van der Waals surface area (Å²) in [4.78, 5) is 18.6. The summed E-state index contributed by atoms with van der Waals surface area (Å²) < 4.78 is 0. The molecule has 1 N–H and O–H groups in total. The molecule has 1 fully saturated rings. The Labute approximate surface area is 139 Å². The predicted molar refractivity (Wildman–Crippen MR) is 90.0 cm³/mol. The van der Waals surface area contributed by atoms with Gasteiger partial charge in [-0.15, -0.1) is 32.9 Å². The Bertz CT molecular complexity index is 817. The van der Waals surface area contributed by atoms with Crippen LogP contribution in [0.2, 0.25) is 0 Å². The van der Waals surface area contributed by atoms with E-state index in [-0.39, 0.29) is 5.91 Å². The number of aromatic nitrogens is 3. The van der Waals surface area contributed by atoms with Gasteiger partial charge in [0.1, 0.15) is 14.9 Å². The molecule has 3 aromatic heterocycles. The molecule has 0 aromatic carbocycles. The van der Waals surface area contributed by atoms with Crippen LogP contribution in [0.3, 0.4) is 0 Å². The van der Waals surface area contributed by atoms with E-state index in [1.54, 1.807) is 11.3 Å². The third-order valence-electron chi connectivity index (χ3n) is 3.32. The lowest BCUT2D eigenvalue weighted by molar-refractivity contribution is 0.102. The van der Waals surface area contributed by atoms with Crippen molar-refractivity contribution in [2.45, 2.75) is 25.7 Å². The van der Waals surface area contributed by atoms with E-state index in [2.05, 4.69) is 20.5 Å². The number of nitrogens with zero attached hydrogens (tertiary/aromatic N) is 3. The van der Waals surface area contributed by atoms with Gasteiger partial charge in [0.25, 0.3) is 5.91 Å². The first-order valence-electron chi connectivity index (χ1n) is 6.87. The molecule has 4 rings (SSSR count). The maximum atomic E-state index is 12.4. The summed E-state index contributed by atoms with van der Waals surface area (Å²) in [5.74, 6) is 0.398. The average molecular weight is 348 g/mol. The molecule has 0 aliphatic heterocycles. The highest BCUT2D eigenvalue weighted by Gasteiger charge is 2.28. The number of anilines is 1. The quantitative estimate of drug-likeness (QED) is 0.769. The highest BCUT2D eigenvalue weighted by Crippen LogP contribution is 2.42. The van der Waals surface area contributed by atoms with E-state index in [1.165, 1.54) is 35.5 Å². The van der Waals surface area contributed by atoms with Gasteiger partial charge in [0, 0.05) is 5.92 Å². The van der Waals surface area contributed by atoms with Crippen LogP contribution in [-0.4, -0.2) is 21.1 Å². The number of carbonyl (C=O) groups is 1. The van der Waals surface area contributed by atoms with Crippen molar-refractivity contribution in [2.75, 3.05) is 5.32 Å². The minimum Gasteiger partial charge on any atom is -0.296 e. The lowest BCUT2D eigenvalue weighted by atomic mass is 10.4. The zero-order chi connectivity index (χ0) is 15.1. The SMILES string of the molecule is Cc1nc(-c2cccs2)sc1C(=O)Nc1nnc(C2CC2)s1. The summed E-state index contributed by atoms with van der Waals surface area (Å²) in [5.41, 5.74) is 0.748. The van der Waals surface area contributed by atoms with E-state index < -0.39 is 0 Å². The van der Waals surface area contributed by atoms with Gasteiger partial charge in [-0.1, -0.05) is 17.4 Å². The van der Waals surface area contributed by atoms with Gasteiger partial charge in [-0.2, -0.15) is 0 Å². The molecule has 0 unspecified atom stereocenters. The Balaban J connectivity index is 1.54. The maximum Gasteiger partial charge on any atom is 0.269 e. The standard InChI is InChI=1S/C14H12N4OS3/c1-7-10(21-13(15-7)9-3-2-6-20-9)11(19)16-14-18-17-12(22-14)8-4-5-8/h2-3,6,8H,4-5H2,1H3,(H,16,18,19). The Kier molecular flexibility index (Phi) is 3.51. The molecule has 22 heavy (non-hydrogen) atoms. The summed E-state index contributed by atoms with van der Waals surface area (Å²) in [6.07, 6.45) is 2.36. The number of thiophene rings is 1. The lowest BCUT2D eigenvalue weighted by Crippen LogP contribution is -2.11. The Morgan fingerprint density at radius 3 is 2.91 bits per heavy atom. The molecule has 0 radical (unpaired) electrons. The number of rotatable bonds is 4. The fourth-order valence-electron chi connectivity index (χ4n) is 2.05. The zero-order valence-electron chi connectivity index (χ0n) is 11.7. The minimum atomic E-state index is -0.156. The number of nitrogens with one attached hydrogen (secondary N) is 1. The lowest BCUT2D eigenvalue weighted by Gasteiger charge is -1.97. The number of carbonyl (C=O) groups excluding carboxylic acids is 1. The summed E-state index contributed by atoms with van der Waals surface area (Å²) in [7, 11) is 0. The highest BCUT2D eigenvalue weighted by atomic mass is 32.1. The largest absolute Gasteiger partial charge is 0.296 e. The molecule has 1 aliphatic carbocycles. The molecule has 1 amide bonds. The van der Waals surface area contributed by atoms with Gasteiger partial charge in [-0.3, -0.25) is 10.1 Å². The molecule has 3 aromatic rings. The summed E-state index contributed by atoms with van der Waals surface area (Å²) >= 11 is 4.51. The molecule has 0 spiro atoms. The number of aryl methyl sites for hydroxylation is 1. The van der Waals surface area contributed by atoms with Gasteiger partial charge in [0.2, 0.25) is 5.13 Å².